The minimum atomic E-state index is -1.24. The molecule has 0 aliphatic heterocycles. The van der Waals surface area contributed by atoms with Crippen molar-refractivity contribution >= 4 is 11.7 Å². The van der Waals surface area contributed by atoms with Gasteiger partial charge in [0, 0.05) is 5.69 Å². The van der Waals surface area contributed by atoms with E-state index in [9.17, 15) is 9.90 Å². The van der Waals surface area contributed by atoms with Gasteiger partial charge < -0.3 is 20.0 Å². The molecule has 0 aliphatic rings. The maximum atomic E-state index is 11.6. The first-order valence-electron chi connectivity index (χ1n) is 7.65. The summed E-state index contributed by atoms with van der Waals surface area (Å²) in [5, 5.41) is 23.4. The number of benzene rings is 2. The van der Waals surface area contributed by atoms with Crippen molar-refractivity contribution in [2.75, 3.05) is 5.32 Å². The Bertz CT molecular complexity index is 761. The van der Waals surface area contributed by atoms with Crippen LogP contribution in [0.15, 0.2) is 42.5 Å². The number of carbonyl (C=O) groups is 1. The van der Waals surface area contributed by atoms with Crippen LogP contribution in [0.5, 0.6) is 5.75 Å². The summed E-state index contributed by atoms with van der Waals surface area (Å²) in [7, 11) is 0. The highest BCUT2D eigenvalue weighted by molar-refractivity contribution is 5.78. The predicted octanol–water partition coefficient (Wildman–Crippen LogP) is 2.56. The normalized spacial score (nSPS) is 11.6. The highest BCUT2D eigenvalue weighted by Gasteiger charge is 2.15. The molecule has 0 fully saturated rings. The van der Waals surface area contributed by atoms with Crippen LogP contribution in [-0.2, 0) is 4.79 Å². The average molecular weight is 323 g/mol. The molecule has 0 saturated carbocycles. The summed E-state index contributed by atoms with van der Waals surface area (Å²) in [5.74, 6) is -0.617. The number of carbonyl (C=O) groups excluding carboxylic acids is 1. The summed E-state index contributed by atoms with van der Waals surface area (Å²) < 4.78 is 5.67. The molecule has 0 saturated heterocycles. The number of ether oxygens (including phenoxy) is 1. The second-order valence-electron chi connectivity index (χ2n) is 5.83. The molecule has 0 bridgehead atoms. The SMILES string of the molecule is Cc1cc(OC(C)C)cc(C(Nc2ccc(C#N)cc2)C(=O)[O-])c1. The molecular formula is C19H19N2O3-. The lowest BCUT2D eigenvalue weighted by atomic mass is 10.0. The Morgan fingerprint density at radius 1 is 1.21 bits per heavy atom. The Morgan fingerprint density at radius 2 is 1.88 bits per heavy atom. The molecule has 0 radical (unpaired) electrons. The second-order valence-corrected chi connectivity index (χ2v) is 5.83. The lowest BCUT2D eigenvalue weighted by Gasteiger charge is -2.23. The van der Waals surface area contributed by atoms with Gasteiger partial charge in [0.05, 0.1) is 29.7 Å². The van der Waals surface area contributed by atoms with Crippen molar-refractivity contribution in [1.82, 2.24) is 0 Å². The molecule has 1 N–H and O–H groups in total. The zero-order valence-corrected chi connectivity index (χ0v) is 13.9. The summed E-state index contributed by atoms with van der Waals surface area (Å²) in [6.45, 7) is 5.70. The van der Waals surface area contributed by atoms with Gasteiger partial charge in [0.2, 0.25) is 0 Å². The maximum Gasteiger partial charge on any atom is 0.120 e. The Morgan fingerprint density at radius 3 is 2.42 bits per heavy atom. The number of nitrogens with one attached hydrogen (secondary N) is 1. The number of hydrogen-bond donors (Lipinski definition) is 1. The Balaban J connectivity index is 2.31. The van der Waals surface area contributed by atoms with E-state index in [-0.39, 0.29) is 6.10 Å². The van der Waals surface area contributed by atoms with E-state index >= 15 is 0 Å². The third-order valence-corrected chi connectivity index (χ3v) is 3.34. The van der Waals surface area contributed by atoms with E-state index < -0.39 is 12.0 Å². The molecule has 1 unspecified atom stereocenters. The number of hydrogen-bond acceptors (Lipinski definition) is 5. The Labute approximate surface area is 141 Å². The number of aryl methyl sites for hydroxylation is 1. The van der Waals surface area contributed by atoms with E-state index in [1.807, 2.05) is 32.9 Å². The van der Waals surface area contributed by atoms with Gasteiger partial charge >= 0.3 is 0 Å². The molecule has 24 heavy (non-hydrogen) atoms. The van der Waals surface area contributed by atoms with Gasteiger partial charge in [-0.3, -0.25) is 0 Å². The van der Waals surface area contributed by atoms with E-state index in [0.717, 1.165) is 5.56 Å². The number of nitriles is 1. The van der Waals surface area contributed by atoms with E-state index in [0.29, 0.717) is 22.6 Å². The molecule has 5 nitrogen and oxygen atoms in total. The number of carboxylic acids is 1. The van der Waals surface area contributed by atoms with Crippen LogP contribution in [0.25, 0.3) is 0 Å². The van der Waals surface area contributed by atoms with E-state index in [1.165, 1.54) is 0 Å². The molecule has 2 aromatic rings. The molecule has 1 atom stereocenters. The quantitative estimate of drug-likeness (QED) is 0.883. The zero-order valence-electron chi connectivity index (χ0n) is 13.9. The summed E-state index contributed by atoms with van der Waals surface area (Å²) in [6, 6.07) is 12.9. The molecule has 2 rings (SSSR count). The van der Waals surface area contributed by atoms with Gasteiger partial charge in [-0.2, -0.15) is 5.26 Å². The van der Waals surface area contributed by atoms with Crippen LogP contribution in [0.1, 0.15) is 36.6 Å². The second kappa shape index (κ2) is 7.51. The minimum absolute atomic E-state index is 0.00691. The molecule has 2 aromatic carbocycles. The largest absolute Gasteiger partial charge is 0.548 e. The van der Waals surface area contributed by atoms with E-state index in [2.05, 4.69) is 5.32 Å². The third kappa shape index (κ3) is 4.50. The highest BCUT2D eigenvalue weighted by Crippen LogP contribution is 2.25. The van der Waals surface area contributed by atoms with Crippen LogP contribution in [0.2, 0.25) is 0 Å². The molecule has 0 amide bonds. The Kier molecular flexibility index (Phi) is 5.43. The monoisotopic (exact) mass is 323 g/mol. The molecule has 0 aliphatic carbocycles. The fourth-order valence-electron chi connectivity index (χ4n) is 2.37. The van der Waals surface area contributed by atoms with Crippen LogP contribution in [0.3, 0.4) is 0 Å². The van der Waals surface area contributed by atoms with E-state index in [4.69, 9.17) is 10.00 Å². The molecule has 0 aromatic heterocycles. The third-order valence-electron chi connectivity index (χ3n) is 3.34. The minimum Gasteiger partial charge on any atom is -0.548 e. The van der Waals surface area contributed by atoms with Gasteiger partial charge in [-0.05, 0) is 68.3 Å². The highest BCUT2D eigenvalue weighted by atomic mass is 16.5. The first-order chi connectivity index (χ1) is 11.4. The van der Waals surface area contributed by atoms with Crippen LogP contribution in [0, 0.1) is 18.3 Å². The molecular weight excluding hydrogens is 304 g/mol. The first kappa shape index (κ1) is 17.4. The van der Waals surface area contributed by atoms with Gasteiger partial charge in [-0.1, -0.05) is 6.07 Å². The predicted molar refractivity (Wildman–Crippen MR) is 89.5 cm³/mol. The van der Waals surface area contributed by atoms with Gasteiger partial charge in [0.1, 0.15) is 5.75 Å². The fraction of sp³-hybridized carbons (Fsp3) is 0.263. The van der Waals surface area contributed by atoms with Gasteiger partial charge in [-0.25, -0.2) is 0 Å². The van der Waals surface area contributed by atoms with Crippen molar-refractivity contribution in [3.63, 3.8) is 0 Å². The van der Waals surface area contributed by atoms with Crippen molar-refractivity contribution < 1.29 is 14.6 Å². The van der Waals surface area contributed by atoms with Crippen LogP contribution < -0.4 is 15.2 Å². The van der Waals surface area contributed by atoms with Crippen LogP contribution >= 0.6 is 0 Å². The lowest BCUT2D eigenvalue weighted by molar-refractivity contribution is -0.307. The summed E-state index contributed by atoms with van der Waals surface area (Å²) in [6.07, 6.45) is -0.00691. The molecule has 124 valence electrons. The Hall–Kier alpha value is -3.00. The number of aliphatic carboxylic acids is 1. The van der Waals surface area contributed by atoms with Gasteiger partial charge in [0.15, 0.2) is 0 Å². The van der Waals surface area contributed by atoms with Crippen molar-refractivity contribution in [3.05, 3.63) is 59.2 Å². The van der Waals surface area contributed by atoms with Crippen LogP contribution in [0.4, 0.5) is 5.69 Å². The van der Waals surface area contributed by atoms with Crippen molar-refractivity contribution in [3.8, 4) is 11.8 Å². The van der Waals surface area contributed by atoms with Crippen molar-refractivity contribution in [1.29, 1.82) is 5.26 Å². The molecule has 0 heterocycles. The zero-order chi connectivity index (χ0) is 17.7. The summed E-state index contributed by atoms with van der Waals surface area (Å²) in [5.41, 5.74) is 2.55. The summed E-state index contributed by atoms with van der Waals surface area (Å²) in [4.78, 5) is 11.6. The lowest BCUT2D eigenvalue weighted by Crippen LogP contribution is -2.34. The number of nitrogens with zero attached hydrogens (tertiary/aromatic N) is 1. The molecule has 0 spiro atoms. The summed E-state index contributed by atoms with van der Waals surface area (Å²) >= 11 is 0. The topological polar surface area (TPSA) is 85.2 Å². The van der Waals surface area contributed by atoms with Crippen LogP contribution in [-0.4, -0.2) is 12.1 Å². The smallest absolute Gasteiger partial charge is 0.120 e. The van der Waals surface area contributed by atoms with Crippen molar-refractivity contribution in [2.45, 2.75) is 32.9 Å². The maximum absolute atomic E-state index is 11.6. The standard InChI is InChI=1S/C19H20N2O3/c1-12(2)24-17-9-13(3)8-15(10-17)18(19(22)23)21-16-6-4-14(11-20)5-7-16/h4-10,12,18,21H,1-3H3,(H,22,23)/p-1. The number of anilines is 1. The average Bonchev–Trinajstić information content (AvgIpc) is 2.51. The van der Waals surface area contributed by atoms with Gasteiger partial charge in [-0.15, -0.1) is 0 Å². The van der Waals surface area contributed by atoms with Crippen molar-refractivity contribution in [2.24, 2.45) is 0 Å². The first-order valence-corrected chi connectivity index (χ1v) is 7.65. The van der Waals surface area contributed by atoms with Gasteiger partial charge in [0.25, 0.3) is 0 Å². The number of rotatable bonds is 6. The number of carboxylic acid groups (broad SMARTS) is 1. The molecule has 5 heteroatoms. The van der Waals surface area contributed by atoms with E-state index in [1.54, 1.807) is 36.4 Å². The fourth-order valence-corrected chi connectivity index (χ4v) is 2.37.